The topological polar surface area (TPSA) is 67.4 Å². The number of aromatic nitrogens is 2. The Bertz CT molecular complexity index is 418. The van der Waals surface area contributed by atoms with Crippen LogP contribution in [0.2, 0.25) is 0 Å². The summed E-state index contributed by atoms with van der Waals surface area (Å²) in [6.07, 6.45) is 2.28. The Balaban J connectivity index is 1.97. The summed E-state index contributed by atoms with van der Waals surface area (Å²) in [6.45, 7) is 6.84. The second kappa shape index (κ2) is 6.81. The fraction of sp³-hybridized carbons (Fsp3) is 0.750. The number of anilines is 1. The van der Waals surface area contributed by atoms with Gasteiger partial charge < -0.3 is 15.0 Å². The number of hydrogen-bond acceptors (Lipinski definition) is 6. The Morgan fingerprint density at radius 1 is 1.53 bits per heavy atom. The lowest BCUT2D eigenvalue weighted by Crippen LogP contribution is -2.37. The van der Waals surface area contributed by atoms with Crippen LogP contribution in [0.4, 0.5) is 5.13 Å². The van der Waals surface area contributed by atoms with Gasteiger partial charge in [0, 0.05) is 26.2 Å². The second-order valence-electron chi connectivity index (χ2n) is 4.42. The van der Waals surface area contributed by atoms with E-state index in [1.807, 2.05) is 13.8 Å². The van der Waals surface area contributed by atoms with E-state index in [4.69, 9.17) is 4.74 Å². The number of carbonyl (C=O) groups is 1. The van der Waals surface area contributed by atoms with E-state index in [0.717, 1.165) is 26.0 Å². The number of ether oxygens (including phenoxy) is 1. The van der Waals surface area contributed by atoms with Gasteiger partial charge in [0.1, 0.15) is 0 Å². The van der Waals surface area contributed by atoms with E-state index in [-0.39, 0.29) is 12.0 Å². The highest BCUT2D eigenvalue weighted by molar-refractivity contribution is 7.17. The first-order valence-electron chi connectivity index (χ1n) is 6.72. The van der Waals surface area contributed by atoms with Gasteiger partial charge in [0.2, 0.25) is 10.1 Å². The van der Waals surface area contributed by atoms with Gasteiger partial charge in [0.25, 0.3) is 5.91 Å². The predicted molar refractivity (Wildman–Crippen MR) is 74.6 cm³/mol. The number of amides is 1. The van der Waals surface area contributed by atoms with E-state index in [2.05, 4.69) is 15.5 Å². The smallest absolute Gasteiger partial charge is 0.284 e. The van der Waals surface area contributed by atoms with Crippen molar-refractivity contribution in [3.8, 4) is 0 Å². The molecule has 106 valence electrons. The van der Waals surface area contributed by atoms with Crippen molar-refractivity contribution in [3.05, 3.63) is 5.01 Å². The molecule has 6 nitrogen and oxygen atoms in total. The third kappa shape index (κ3) is 3.63. The molecule has 1 aromatic rings. The van der Waals surface area contributed by atoms with Gasteiger partial charge in [-0.1, -0.05) is 11.3 Å². The molecule has 1 aliphatic heterocycles. The standard InChI is InChI=1S/C12H20N4O2S/c1-3-13-12-15-14-10(19-12)11(17)16(4-2)8-9-6-5-7-18-9/h9H,3-8H2,1-2H3,(H,13,15). The highest BCUT2D eigenvalue weighted by Gasteiger charge is 2.24. The maximum atomic E-state index is 12.3. The molecular formula is C12H20N4O2S. The summed E-state index contributed by atoms with van der Waals surface area (Å²) >= 11 is 1.30. The van der Waals surface area contributed by atoms with Crippen LogP contribution in [-0.4, -0.2) is 53.3 Å². The summed E-state index contributed by atoms with van der Waals surface area (Å²) in [7, 11) is 0. The number of hydrogen-bond donors (Lipinski definition) is 1. The minimum Gasteiger partial charge on any atom is -0.376 e. The van der Waals surface area contributed by atoms with Gasteiger partial charge in [0.15, 0.2) is 0 Å². The number of rotatable bonds is 6. The van der Waals surface area contributed by atoms with Gasteiger partial charge in [-0.15, -0.1) is 10.2 Å². The average molecular weight is 284 g/mol. The number of likely N-dealkylation sites (N-methyl/N-ethyl adjacent to an activating group) is 1. The molecule has 1 fully saturated rings. The van der Waals surface area contributed by atoms with Gasteiger partial charge in [-0.25, -0.2) is 0 Å². The molecule has 0 spiro atoms. The minimum atomic E-state index is -0.0559. The Hall–Kier alpha value is -1.21. The maximum Gasteiger partial charge on any atom is 0.284 e. The molecule has 1 N–H and O–H groups in total. The lowest BCUT2D eigenvalue weighted by molar-refractivity contribution is 0.0538. The van der Waals surface area contributed by atoms with Crippen molar-refractivity contribution in [2.75, 3.05) is 31.6 Å². The second-order valence-corrected chi connectivity index (χ2v) is 5.40. The van der Waals surface area contributed by atoms with Crippen LogP contribution in [-0.2, 0) is 4.74 Å². The van der Waals surface area contributed by atoms with Crippen LogP contribution in [0.1, 0.15) is 36.5 Å². The monoisotopic (exact) mass is 284 g/mol. The quantitative estimate of drug-likeness (QED) is 0.859. The van der Waals surface area contributed by atoms with Crippen LogP contribution in [0.3, 0.4) is 0 Å². The molecule has 1 unspecified atom stereocenters. The molecule has 0 bridgehead atoms. The zero-order chi connectivity index (χ0) is 13.7. The Kier molecular flexibility index (Phi) is 5.09. The first kappa shape index (κ1) is 14.2. The van der Waals surface area contributed by atoms with Gasteiger partial charge in [-0.3, -0.25) is 4.79 Å². The summed E-state index contributed by atoms with van der Waals surface area (Å²) in [6, 6.07) is 0. The normalized spacial score (nSPS) is 18.5. The summed E-state index contributed by atoms with van der Waals surface area (Å²) < 4.78 is 5.58. The summed E-state index contributed by atoms with van der Waals surface area (Å²) in [4.78, 5) is 14.1. The zero-order valence-corrected chi connectivity index (χ0v) is 12.2. The number of carbonyl (C=O) groups excluding carboxylic acids is 1. The highest BCUT2D eigenvalue weighted by Crippen LogP contribution is 2.19. The van der Waals surface area contributed by atoms with E-state index in [0.29, 0.717) is 23.2 Å². The van der Waals surface area contributed by atoms with Crippen molar-refractivity contribution in [1.29, 1.82) is 0 Å². The Labute approximate surface area is 117 Å². The molecule has 0 saturated carbocycles. The van der Waals surface area contributed by atoms with Crippen molar-refractivity contribution < 1.29 is 9.53 Å². The molecule has 0 aliphatic carbocycles. The molecule has 1 amide bonds. The van der Waals surface area contributed by atoms with Crippen molar-refractivity contribution in [2.45, 2.75) is 32.8 Å². The van der Waals surface area contributed by atoms with E-state index in [1.165, 1.54) is 11.3 Å². The largest absolute Gasteiger partial charge is 0.376 e. The number of nitrogens with zero attached hydrogens (tertiary/aromatic N) is 3. The van der Waals surface area contributed by atoms with Crippen molar-refractivity contribution in [1.82, 2.24) is 15.1 Å². The van der Waals surface area contributed by atoms with Crippen LogP contribution in [0, 0.1) is 0 Å². The van der Waals surface area contributed by atoms with Crippen LogP contribution in [0.15, 0.2) is 0 Å². The molecule has 19 heavy (non-hydrogen) atoms. The first-order valence-corrected chi connectivity index (χ1v) is 7.54. The summed E-state index contributed by atoms with van der Waals surface area (Å²) in [5, 5.41) is 12.1. The molecule has 2 heterocycles. The predicted octanol–water partition coefficient (Wildman–Crippen LogP) is 1.61. The van der Waals surface area contributed by atoms with Crippen LogP contribution < -0.4 is 5.32 Å². The van der Waals surface area contributed by atoms with Gasteiger partial charge in [-0.2, -0.15) is 0 Å². The van der Waals surface area contributed by atoms with E-state index < -0.39 is 0 Å². The molecule has 2 rings (SSSR count). The molecule has 0 aromatic carbocycles. The third-order valence-corrected chi connectivity index (χ3v) is 3.92. The van der Waals surface area contributed by atoms with Gasteiger partial charge in [0.05, 0.1) is 6.10 Å². The fourth-order valence-corrected chi connectivity index (χ4v) is 2.84. The molecular weight excluding hydrogens is 264 g/mol. The van der Waals surface area contributed by atoms with Crippen molar-refractivity contribution >= 4 is 22.4 Å². The van der Waals surface area contributed by atoms with Gasteiger partial charge in [-0.05, 0) is 26.7 Å². The highest BCUT2D eigenvalue weighted by atomic mass is 32.1. The SMILES string of the molecule is CCNc1nnc(C(=O)N(CC)CC2CCCO2)s1. The lowest BCUT2D eigenvalue weighted by atomic mass is 10.2. The van der Waals surface area contributed by atoms with Crippen molar-refractivity contribution in [3.63, 3.8) is 0 Å². The Morgan fingerprint density at radius 3 is 3.00 bits per heavy atom. The molecule has 1 aromatic heterocycles. The minimum absolute atomic E-state index is 0.0559. The van der Waals surface area contributed by atoms with E-state index >= 15 is 0 Å². The lowest BCUT2D eigenvalue weighted by Gasteiger charge is -2.22. The molecule has 1 aliphatic rings. The van der Waals surface area contributed by atoms with Crippen LogP contribution in [0.25, 0.3) is 0 Å². The molecule has 1 atom stereocenters. The third-order valence-electron chi connectivity index (χ3n) is 3.05. The van der Waals surface area contributed by atoms with Gasteiger partial charge >= 0.3 is 0 Å². The molecule has 7 heteroatoms. The molecule has 1 saturated heterocycles. The number of nitrogens with one attached hydrogen (secondary N) is 1. The van der Waals surface area contributed by atoms with E-state index in [9.17, 15) is 4.79 Å². The van der Waals surface area contributed by atoms with Crippen LogP contribution in [0.5, 0.6) is 0 Å². The zero-order valence-electron chi connectivity index (χ0n) is 11.4. The van der Waals surface area contributed by atoms with Crippen molar-refractivity contribution in [2.24, 2.45) is 0 Å². The average Bonchev–Trinajstić information content (AvgIpc) is 3.06. The van der Waals surface area contributed by atoms with E-state index in [1.54, 1.807) is 4.90 Å². The van der Waals surface area contributed by atoms with Crippen LogP contribution >= 0.6 is 11.3 Å². The summed E-state index contributed by atoms with van der Waals surface area (Å²) in [5.41, 5.74) is 0. The fourth-order valence-electron chi connectivity index (χ4n) is 2.06. The first-order chi connectivity index (χ1) is 9.24. The molecule has 0 radical (unpaired) electrons. The maximum absolute atomic E-state index is 12.3. The summed E-state index contributed by atoms with van der Waals surface area (Å²) in [5.74, 6) is -0.0559. The Morgan fingerprint density at radius 2 is 2.37 bits per heavy atom.